The van der Waals surface area contributed by atoms with Crippen molar-refractivity contribution in [3.05, 3.63) is 28.2 Å². The van der Waals surface area contributed by atoms with Gasteiger partial charge in [0.15, 0.2) is 5.78 Å². The van der Waals surface area contributed by atoms with Crippen molar-refractivity contribution < 1.29 is 4.79 Å². The number of hydrogen-bond donors (Lipinski definition) is 0. The standard InChI is InChI=1S/C16H22BrNO/c1-4-16(5-2)8-9-18(11-16)15-7-6-13(17)10-14(15)12(3)19/h6-7,10H,4-5,8-9,11H2,1-3H3. The Morgan fingerprint density at radius 2 is 2.05 bits per heavy atom. The molecule has 0 amide bonds. The predicted molar refractivity (Wildman–Crippen MR) is 84.0 cm³/mol. The first kappa shape index (κ1) is 14.6. The zero-order valence-electron chi connectivity index (χ0n) is 12.0. The number of ketones is 1. The number of carbonyl (C=O) groups excluding carboxylic acids is 1. The first-order chi connectivity index (χ1) is 9.01. The van der Waals surface area contributed by atoms with Crippen LogP contribution in [0.3, 0.4) is 0 Å². The molecular weight excluding hydrogens is 302 g/mol. The third-order valence-corrected chi connectivity index (χ3v) is 5.11. The van der Waals surface area contributed by atoms with Gasteiger partial charge in [-0.15, -0.1) is 0 Å². The predicted octanol–water partition coefficient (Wildman–Crippen LogP) is 4.67. The van der Waals surface area contributed by atoms with E-state index in [2.05, 4.69) is 40.7 Å². The first-order valence-electron chi connectivity index (χ1n) is 7.07. The number of rotatable bonds is 4. The van der Waals surface area contributed by atoms with Crippen LogP contribution in [0.5, 0.6) is 0 Å². The maximum absolute atomic E-state index is 11.8. The van der Waals surface area contributed by atoms with Crippen LogP contribution in [0.1, 0.15) is 50.4 Å². The summed E-state index contributed by atoms with van der Waals surface area (Å²) in [5.41, 5.74) is 2.36. The lowest BCUT2D eigenvalue weighted by Crippen LogP contribution is -2.27. The lowest BCUT2D eigenvalue weighted by atomic mass is 9.82. The maximum Gasteiger partial charge on any atom is 0.161 e. The second-order valence-corrected chi connectivity index (χ2v) is 6.51. The van der Waals surface area contributed by atoms with Crippen LogP contribution in [0, 0.1) is 5.41 Å². The third-order valence-electron chi connectivity index (χ3n) is 4.62. The Bertz CT molecular complexity index is 480. The molecule has 1 heterocycles. The fraction of sp³-hybridized carbons (Fsp3) is 0.562. The van der Waals surface area contributed by atoms with Crippen LogP contribution in [-0.4, -0.2) is 18.9 Å². The van der Waals surface area contributed by atoms with Crippen LogP contribution < -0.4 is 4.90 Å². The van der Waals surface area contributed by atoms with Crippen LogP contribution >= 0.6 is 15.9 Å². The van der Waals surface area contributed by atoms with Crippen molar-refractivity contribution in [3.63, 3.8) is 0 Å². The minimum atomic E-state index is 0.141. The Labute approximate surface area is 124 Å². The molecule has 0 radical (unpaired) electrons. The normalized spacial score (nSPS) is 17.8. The van der Waals surface area contributed by atoms with Crippen molar-refractivity contribution in [1.29, 1.82) is 0 Å². The van der Waals surface area contributed by atoms with Gasteiger partial charge >= 0.3 is 0 Å². The average molecular weight is 324 g/mol. The molecule has 0 spiro atoms. The molecular formula is C16H22BrNO. The van der Waals surface area contributed by atoms with Gasteiger partial charge in [-0.3, -0.25) is 4.79 Å². The zero-order chi connectivity index (χ0) is 14.0. The summed E-state index contributed by atoms with van der Waals surface area (Å²) in [5.74, 6) is 0.141. The second kappa shape index (κ2) is 5.66. The van der Waals surface area contributed by atoms with Crippen molar-refractivity contribution in [2.45, 2.75) is 40.0 Å². The number of Topliss-reactive ketones (excluding diaryl/α,β-unsaturated/α-hetero) is 1. The molecule has 0 unspecified atom stereocenters. The van der Waals surface area contributed by atoms with Gasteiger partial charge in [-0.1, -0.05) is 29.8 Å². The van der Waals surface area contributed by atoms with E-state index in [-0.39, 0.29) is 5.78 Å². The van der Waals surface area contributed by atoms with Crippen molar-refractivity contribution in [3.8, 4) is 0 Å². The van der Waals surface area contributed by atoms with Gasteiger partial charge in [-0.2, -0.15) is 0 Å². The molecule has 19 heavy (non-hydrogen) atoms. The fourth-order valence-electron chi connectivity index (χ4n) is 3.03. The van der Waals surface area contributed by atoms with E-state index in [0.29, 0.717) is 5.41 Å². The SMILES string of the molecule is CCC1(CC)CCN(c2ccc(Br)cc2C(C)=O)C1. The van der Waals surface area contributed by atoms with Crippen LogP contribution in [0.4, 0.5) is 5.69 Å². The fourth-order valence-corrected chi connectivity index (χ4v) is 3.39. The van der Waals surface area contributed by atoms with Gasteiger partial charge in [0, 0.05) is 28.8 Å². The molecule has 0 bridgehead atoms. The number of benzene rings is 1. The Hall–Kier alpha value is -0.830. The first-order valence-corrected chi connectivity index (χ1v) is 7.86. The molecule has 2 nitrogen and oxygen atoms in total. The molecule has 1 aromatic carbocycles. The summed E-state index contributed by atoms with van der Waals surface area (Å²) in [6.07, 6.45) is 3.66. The van der Waals surface area contributed by atoms with Crippen LogP contribution in [0.15, 0.2) is 22.7 Å². The minimum Gasteiger partial charge on any atom is -0.370 e. The van der Waals surface area contributed by atoms with Crippen molar-refractivity contribution in [1.82, 2.24) is 0 Å². The van der Waals surface area contributed by atoms with Gasteiger partial charge in [-0.05, 0) is 49.8 Å². The summed E-state index contributed by atoms with van der Waals surface area (Å²) in [5, 5.41) is 0. The second-order valence-electron chi connectivity index (χ2n) is 5.60. The van der Waals surface area contributed by atoms with E-state index < -0.39 is 0 Å². The summed E-state index contributed by atoms with van der Waals surface area (Å²) < 4.78 is 0.970. The van der Waals surface area contributed by atoms with Gasteiger partial charge < -0.3 is 4.90 Å². The molecule has 104 valence electrons. The van der Waals surface area contributed by atoms with Crippen LogP contribution in [-0.2, 0) is 0 Å². The van der Waals surface area contributed by atoms with Crippen molar-refractivity contribution in [2.75, 3.05) is 18.0 Å². The van der Waals surface area contributed by atoms with E-state index in [4.69, 9.17) is 0 Å². The lowest BCUT2D eigenvalue weighted by molar-refractivity contribution is 0.101. The van der Waals surface area contributed by atoms with Gasteiger partial charge in [0.05, 0.1) is 0 Å². The molecule has 0 atom stereocenters. The summed E-state index contributed by atoms with van der Waals surface area (Å²) in [4.78, 5) is 14.2. The summed E-state index contributed by atoms with van der Waals surface area (Å²) in [6, 6.07) is 6.04. The van der Waals surface area contributed by atoms with Gasteiger partial charge in [0.25, 0.3) is 0 Å². The quantitative estimate of drug-likeness (QED) is 0.750. The van der Waals surface area contributed by atoms with Gasteiger partial charge in [-0.25, -0.2) is 0 Å². The van der Waals surface area contributed by atoms with E-state index >= 15 is 0 Å². The summed E-state index contributed by atoms with van der Waals surface area (Å²) in [7, 11) is 0. The monoisotopic (exact) mass is 323 g/mol. The molecule has 1 aliphatic heterocycles. The van der Waals surface area contributed by atoms with Gasteiger partial charge in [0.1, 0.15) is 0 Å². The number of anilines is 1. The smallest absolute Gasteiger partial charge is 0.161 e. The highest BCUT2D eigenvalue weighted by molar-refractivity contribution is 9.10. The zero-order valence-corrected chi connectivity index (χ0v) is 13.6. The number of carbonyl (C=O) groups is 1. The van der Waals surface area contributed by atoms with Crippen molar-refractivity contribution >= 4 is 27.4 Å². The number of nitrogens with zero attached hydrogens (tertiary/aromatic N) is 1. The highest BCUT2D eigenvalue weighted by Crippen LogP contribution is 2.40. The van der Waals surface area contributed by atoms with E-state index in [1.807, 2.05) is 12.1 Å². The van der Waals surface area contributed by atoms with E-state index in [1.165, 1.54) is 19.3 Å². The van der Waals surface area contributed by atoms with Crippen molar-refractivity contribution in [2.24, 2.45) is 5.41 Å². The molecule has 0 aliphatic carbocycles. The topological polar surface area (TPSA) is 20.3 Å². The van der Waals surface area contributed by atoms with Gasteiger partial charge in [0.2, 0.25) is 0 Å². The molecule has 1 saturated heterocycles. The van der Waals surface area contributed by atoms with Crippen LogP contribution in [0.2, 0.25) is 0 Å². The molecule has 0 aromatic heterocycles. The molecule has 1 aliphatic rings. The molecule has 3 heteroatoms. The molecule has 1 fully saturated rings. The van der Waals surface area contributed by atoms with E-state index in [0.717, 1.165) is 28.8 Å². The largest absolute Gasteiger partial charge is 0.370 e. The van der Waals surface area contributed by atoms with E-state index in [1.54, 1.807) is 6.92 Å². The minimum absolute atomic E-state index is 0.141. The Morgan fingerprint density at radius 3 is 2.58 bits per heavy atom. The average Bonchev–Trinajstić information content (AvgIpc) is 2.83. The maximum atomic E-state index is 11.8. The van der Waals surface area contributed by atoms with E-state index in [9.17, 15) is 4.79 Å². The Balaban J connectivity index is 2.31. The highest BCUT2D eigenvalue weighted by atomic mass is 79.9. The summed E-state index contributed by atoms with van der Waals surface area (Å²) >= 11 is 3.45. The highest BCUT2D eigenvalue weighted by Gasteiger charge is 2.35. The lowest BCUT2D eigenvalue weighted by Gasteiger charge is -2.28. The third kappa shape index (κ3) is 2.86. The number of halogens is 1. The Morgan fingerprint density at radius 1 is 1.37 bits per heavy atom. The molecule has 1 aromatic rings. The molecule has 0 saturated carbocycles. The Kier molecular flexibility index (Phi) is 4.34. The van der Waals surface area contributed by atoms with Crippen LogP contribution in [0.25, 0.3) is 0 Å². The number of hydrogen-bond acceptors (Lipinski definition) is 2. The molecule has 0 N–H and O–H groups in total. The molecule has 2 rings (SSSR count). The summed E-state index contributed by atoms with van der Waals surface area (Å²) in [6.45, 7) is 8.33.